The fourth-order valence-electron chi connectivity index (χ4n) is 2.34. The summed E-state index contributed by atoms with van der Waals surface area (Å²) in [6, 6.07) is 0.604. The van der Waals surface area contributed by atoms with Crippen LogP contribution in [0, 0.1) is 5.92 Å². The normalized spacial score (nSPS) is 19.4. The van der Waals surface area contributed by atoms with Crippen molar-refractivity contribution in [1.82, 2.24) is 4.90 Å². The van der Waals surface area contributed by atoms with E-state index in [9.17, 15) is 4.79 Å². The van der Waals surface area contributed by atoms with Gasteiger partial charge in [0.05, 0.1) is 0 Å². The van der Waals surface area contributed by atoms with Crippen molar-refractivity contribution in [3.05, 3.63) is 0 Å². The molecule has 0 aromatic rings. The molecule has 0 heterocycles. The van der Waals surface area contributed by atoms with E-state index < -0.39 is 0 Å². The minimum atomic E-state index is 0.409. The first kappa shape index (κ1) is 12.9. The third-order valence-electron chi connectivity index (χ3n) is 3.80. The van der Waals surface area contributed by atoms with E-state index in [0.717, 1.165) is 44.7 Å². The third kappa shape index (κ3) is 4.66. The number of rotatable bonds is 9. The van der Waals surface area contributed by atoms with Gasteiger partial charge in [-0.2, -0.15) is 0 Å². The minimum Gasteiger partial charge on any atom is -0.339 e. The van der Waals surface area contributed by atoms with Gasteiger partial charge >= 0.3 is 0 Å². The molecule has 0 aliphatic heterocycles. The van der Waals surface area contributed by atoms with Crippen LogP contribution in [0.4, 0.5) is 0 Å². The zero-order chi connectivity index (χ0) is 12.1. The molecule has 2 aliphatic rings. The molecule has 98 valence electrons. The highest BCUT2D eigenvalue weighted by Crippen LogP contribution is 2.35. The maximum atomic E-state index is 12.1. The van der Waals surface area contributed by atoms with Crippen LogP contribution in [0.1, 0.15) is 57.8 Å². The first-order valence-electron chi connectivity index (χ1n) is 7.31. The largest absolute Gasteiger partial charge is 0.339 e. The minimum absolute atomic E-state index is 0.409. The highest BCUT2D eigenvalue weighted by atomic mass is 16.2. The number of hydrogen-bond acceptors (Lipinski definition) is 2. The Balaban J connectivity index is 1.61. The van der Waals surface area contributed by atoms with Crippen molar-refractivity contribution in [3.63, 3.8) is 0 Å². The van der Waals surface area contributed by atoms with E-state index in [0.29, 0.717) is 11.9 Å². The molecule has 0 aromatic heterocycles. The van der Waals surface area contributed by atoms with Gasteiger partial charge in [0, 0.05) is 19.0 Å². The van der Waals surface area contributed by atoms with Crippen LogP contribution in [-0.2, 0) is 4.79 Å². The van der Waals surface area contributed by atoms with Crippen LogP contribution in [0.2, 0.25) is 0 Å². The van der Waals surface area contributed by atoms with E-state index in [4.69, 9.17) is 5.73 Å². The Morgan fingerprint density at radius 3 is 2.35 bits per heavy atom. The van der Waals surface area contributed by atoms with Gasteiger partial charge in [-0.15, -0.1) is 0 Å². The number of nitrogens with two attached hydrogens (primary N) is 1. The topological polar surface area (TPSA) is 46.3 Å². The lowest BCUT2D eigenvalue weighted by atomic mass is 10.1. The number of carbonyl (C=O) groups excluding carboxylic acids is 1. The van der Waals surface area contributed by atoms with Crippen molar-refractivity contribution >= 4 is 5.91 Å². The van der Waals surface area contributed by atoms with Crippen LogP contribution in [-0.4, -0.2) is 29.9 Å². The molecule has 0 bridgehead atoms. The summed E-state index contributed by atoms with van der Waals surface area (Å²) in [5.74, 6) is 1.24. The van der Waals surface area contributed by atoms with Crippen LogP contribution in [0.3, 0.4) is 0 Å². The van der Waals surface area contributed by atoms with Gasteiger partial charge in [0.15, 0.2) is 0 Å². The maximum Gasteiger partial charge on any atom is 0.222 e. The summed E-state index contributed by atoms with van der Waals surface area (Å²) in [6.45, 7) is 1.83. The Bertz CT molecular complexity index is 247. The Morgan fingerprint density at radius 1 is 1.06 bits per heavy atom. The number of nitrogens with zero attached hydrogens (tertiary/aromatic N) is 1. The van der Waals surface area contributed by atoms with Crippen molar-refractivity contribution < 1.29 is 4.79 Å². The average Bonchev–Trinajstić information content (AvgIpc) is 3.15. The molecule has 0 atom stereocenters. The highest BCUT2D eigenvalue weighted by molar-refractivity contribution is 5.76. The van der Waals surface area contributed by atoms with Gasteiger partial charge in [0.1, 0.15) is 0 Å². The second-order valence-corrected chi connectivity index (χ2v) is 5.67. The van der Waals surface area contributed by atoms with Crippen LogP contribution in [0.5, 0.6) is 0 Å². The molecule has 0 saturated heterocycles. The predicted molar refractivity (Wildman–Crippen MR) is 69.6 cm³/mol. The van der Waals surface area contributed by atoms with Crippen molar-refractivity contribution in [2.45, 2.75) is 63.8 Å². The third-order valence-corrected chi connectivity index (χ3v) is 3.80. The molecule has 17 heavy (non-hydrogen) atoms. The summed E-state index contributed by atoms with van der Waals surface area (Å²) >= 11 is 0. The second kappa shape index (κ2) is 6.39. The van der Waals surface area contributed by atoms with Crippen LogP contribution < -0.4 is 5.73 Å². The molecule has 0 aromatic carbocycles. The van der Waals surface area contributed by atoms with Crippen molar-refractivity contribution in [3.8, 4) is 0 Å². The zero-order valence-corrected chi connectivity index (χ0v) is 10.9. The van der Waals surface area contributed by atoms with E-state index in [1.165, 1.54) is 32.1 Å². The summed E-state index contributed by atoms with van der Waals surface area (Å²) in [7, 11) is 0. The summed E-state index contributed by atoms with van der Waals surface area (Å²) < 4.78 is 0. The molecule has 3 heteroatoms. The van der Waals surface area contributed by atoms with Crippen LogP contribution in [0.15, 0.2) is 0 Å². The lowest BCUT2D eigenvalue weighted by molar-refractivity contribution is -0.132. The van der Waals surface area contributed by atoms with Gasteiger partial charge in [-0.05, 0) is 51.0 Å². The molecule has 2 saturated carbocycles. The predicted octanol–water partition coefficient (Wildman–Crippen LogP) is 2.30. The van der Waals surface area contributed by atoms with Crippen molar-refractivity contribution in [2.24, 2.45) is 11.7 Å². The Morgan fingerprint density at radius 2 is 1.76 bits per heavy atom. The maximum absolute atomic E-state index is 12.1. The van der Waals surface area contributed by atoms with Gasteiger partial charge in [0.25, 0.3) is 0 Å². The fraction of sp³-hybridized carbons (Fsp3) is 0.929. The standard InChI is InChI=1S/C14H26N2O/c15-10-4-2-1-3-5-14(17)16(13-8-9-13)11-12-6-7-12/h12-13H,1-11,15H2. The fourth-order valence-corrected chi connectivity index (χ4v) is 2.34. The Labute approximate surface area is 105 Å². The summed E-state index contributed by atoms with van der Waals surface area (Å²) in [5, 5.41) is 0. The van der Waals surface area contributed by atoms with Crippen molar-refractivity contribution in [2.75, 3.05) is 13.1 Å². The quantitative estimate of drug-likeness (QED) is 0.626. The lowest BCUT2D eigenvalue weighted by Crippen LogP contribution is -2.34. The van der Waals surface area contributed by atoms with E-state index in [-0.39, 0.29) is 0 Å². The van der Waals surface area contributed by atoms with Gasteiger partial charge in [-0.3, -0.25) is 4.79 Å². The highest BCUT2D eigenvalue weighted by Gasteiger charge is 2.35. The lowest BCUT2D eigenvalue weighted by Gasteiger charge is -2.22. The van der Waals surface area contributed by atoms with E-state index in [2.05, 4.69) is 4.90 Å². The van der Waals surface area contributed by atoms with Crippen molar-refractivity contribution in [1.29, 1.82) is 0 Å². The van der Waals surface area contributed by atoms with Gasteiger partial charge < -0.3 is 10.6 Å². The Kier molecular flexibility index (Phi) is 4.84. The molecule has 2 N–H and O–H groups in total. The number of unbranched alkanes of at least 4 members (excludes halogenated alkanes) is 3. The summed E-state index contributed by atoms with van der Waals surface area (Å²) in [5.41, 5.74) is 5.45. The molecule has 0 spiro atoms. The molecule has 2 fully saturated rings. The van der Waals surface area contributed by atoms with E-state index in [1.54, 1.807) is 0 Å². The first-order chi connectivity index (χ1) is 8.31. The SMILES string of the molecule is NCCCCCCC(=O)N(CC1CC1)C1CC1. The average molecular weight is 238 g/mol. The molecule has 0 radical (unpaired) electrons. The number of carbonyl (C=O) groups is 1. The second-order valence-electron chi connectivity index (χ2n) is 5.67. The van der Waals surface area contributed by atoms with E-state index >= 15 is 0 Å². The van der Waals surface area contributed by atoms with Crippen LogP contribution in [0.25, 0.3) is 0 Å². The molecular weight excluding hydrogens is 212 g/mol. The smallest absolute Gasteiger partial charge is 0.222 e. The molecule has 3 nitrogen and oxygen atoms in total. The molecule has 0 unspecified atom stereocenters. The molecule has 2 aliphatic carbocycles. The molecule has 1 amide bonds. The molecular formula is C14H26N2O. The first-order valence-corrected chi connectivity index (χ1v) is 7.31. The monoisotopic (exact) mass is 238 g/mol. The molecule has 2 rings (SSSR count). The van der Waals surface area contributed by atoms with Gasteiger partial charge in [0.2, 0.25) is 5.91 Å². The van der Waals surface area contributed by atoms with Gasteiger partial charge in [-0.25, -0.2) is 0 Å². The van der Waals surface area contributed by atoms with Crippen LogP contribution >= 0.6 is 0 Å². The number of hydrogen-bond donors (Lipinski definition) is 1. The number of amides is 1. The van der Waals surface area contributed by atoms with E-state index in [1.807, 2.05) is 0 Å². The summed E-state index contributed by atoms with van der Waals surface area (Å²) in [4.78, 5) is 14.3. The summed E-state index contributed by atoms with van der Waals surface area (Å²) in [6.07, 6.45) is 10.4. The van der Waals surface area contributed by atoms with Gasteiger partial charge in [-0.1, -0.05) is 12.8 Å². The Hall–Kier alpha value is -0.570. The zero-order valence-electron chi connectivity index (χ0n) is 10.9.